The van der Waals surface area contributed by atoms with Crippen LogP contribution in [0, 0.1) is 12.3 Å². The Labute approximate surface area is 153 Å². The van der Waals surface area contributed by atoms with Gasteiger partial charge in [0.15, 0.2) is 0 Å². The van der Waals surface area contributed by atoms with Gasteiger partial charge in [-0.25, -0.2) is 0 Å². The Kier molecular flexibility index (Phi) is 5.26. The van der Waals surface area contributed by atoms with E-state index in [1.54, 1.807) is 7.11 Å². The van der Waals surface area contributed by atoms with Crippen LogP contribution in [0.2, 0.25) is 0 Å². The van der Waals surface area contributed by atoms with Crippen LogP contribution < -0.4 is 15.4 Å². The number of amides is 2. The van der Waals surface area contributed by atoms with Gasteiger partial charge < -0.3 is 15.4 Å². The molecule has 0 heterocycles. The van der Waals surface area contributed by atoms with Crippen molar-refractivity contribution in [3.8, 4) is 5.75 Å². The van der Waals surface area contributed by atoms with E-state index in [1.165, 1.54) is 5.56 Å². The van der Waals surface area contributed by atoms with Gasteiger partial charge in [-0.15, -0.1) is 0 Å². The third-order valence-electron chi connectivity index (χ3n) is 4.81. The molecule has 0 atom stereocenters. The first-order valence-corrected chi connectivity index (χ1v) is 8.78. The second-order valence-corrected chi connectivity index (χ2v) is 6.78. The molecule has 5 nitrogen and oxygen atoms in total. The Morgan fingerprint density at radius 1 is 0.885 bits per heavy atom. The Bertz CT molecular complexity index is 778. The van der Waals surface area contributed by atoms with Crippen molar-refractivity contribution in [2.24, 2.45) is 5.41 Å². The van der Waals surface area contributed by atoms with Crippen LogP contribution in [0.4, 0.5) is 0 Å². The van der Waals surface area contributed by atoms with Crippen molar-refractivity contribution >= 4 is 11.8 Å². The molecule has 0 radical (unpaired) electrons. The van der Waals surface area contributed by atoms with Crippen molar-refractivity contribution in [1.29, 1.82) is 0 Å². The molecule has 0 aromatic heterocycles. The van der Waals surface area contributed by atoms with Gasteiger partial charge in [0.25, 0.3) is 0 Å². The molecule has 1 aliphatic carbocycles. The minimum atomic E-state index is -0.906. The van der Waals surface area contributed by atoms with Crippen molar-refractivity contribution in [3.63, 3.8) is 0 Å². The normalized spacial score (nSPS) is 14.4. The Hall–Kier alpha value is -2.82. The Balaban J connectivity index is 1.52. The largest absolute Gasteiger partial charge is 0.497 e. The van der Waals surface area contributed by atoms with E-state index < -0.39 is 5.41 Å². The standard InChI is InChI=1S/C21H24N2O3/c1-15-3-5-16(6-4-15)13-22-19(24)21(11-12-21)20(25)23-14-17-7-9-18(26-2)10-8-17/h3-10H,11-14H2,1-2H3,(H,22,24)(H,23,25). The summed E-state index contributed by atoms with van der Waals surface area (Å²) in [4.78, 5) is 25.0. The van der Waals surface area contributed by atoms with Crippen molar-refractivity contribution in [3.05, 3.63) is 65.2 Å². The molecule has 2 aromatic carbocycles. The molecular weight excluding hydrogens is 328 g/mol. The average Bonchev–Trinajstić information content (AvgIpc) is 3.48. The van der Waals surface area contributed by atoms with Gasteiger partial charge in [-0.2, -0.15) is 0 Å². The van der Waals surface area contributed by atoms with Gasteiger partial charge in [0.2, 0.25) is 11.8 Å². The number of benzene rings is 2. The van der Waals surface area contributed by atoms with Gasteiger partial charge in [0, 0.05) is 13.1 Å². The molecule has 1 aliphatic rings. The number of hydrogen-bond acceptors (Lipinski definition) is 3. The number of aryl methyl sites for hydroxylation is 1. The minimum absolute atomic E-state index is 0.190. The molecule has 0 bridgehead atoms. The molecule has 0 unspecified atom stereocenters. The van der Waals surface area contributed by atoms with Crippen LogP contribution >= 0.6 is 0 Å². The van der Waals surface area contributed by atoms with Gasteiger partial charge >= 0.3 is 0 Å². The lowest BCUT2D eigenvalue weighted by atomic mass is 10.0. The lowest BCUT2D eigenvalue weighted by Gasteiger charge is -2.16. The van der Waals surface area contributed by atoms with E-state index in [2.05, 4.69) is 10.6 Å². The van der Waals surface area contributed by atoms with Crippen LogP contribution in [0.15, 0.2) is 48.5 Å². The average molecular weight is 352 g/mol. The van der Waals surface area contributed by atoms with E-state index >= 15 is 0 Å². The molecule has 1 saturated carbocycles. The highest BCUT2D eigenvalue weighted by atomic mass is 16.5. The third-order valence-corrected chi connectivity index (χ3v) is 4.81. The summed E-state index contributed by atoms with van der Waals surface area (Å²) in [7, 11) is 1.61. The van der Waals surface area contributed by atoms with Gasteiger partial charge in [-0.05, 0) is 43.0 Å². The van der Waals surface area contributed by atoms with Gasteiger partial charge in [-0.1, -0.05) is 42.0 Å². The van der Waals surface area contributed by atoms with E-state index in [9.17, 15) is 9.59 Å². The van der Waals surface area contributed by atoms with Crippen molar-refractivity contribution in [2.75, 3.05) is 7.11 Å². The topological polar surface area (TPSA) is 67.4 Å². The molecule has 0 aliphatic heterocycles. The van der Waals surface area contributed by atoms with Crippen LogP contribution in [-0.2, 0) is 22.7 Å². The van der Waals surface area contributed by atoms with E-state index in [1.807, 2.05) is 55.5 Å². The summed E-state index contributed by atoms with van der Waals surface area (Å²) in [6, 6.07) is 15.5. The molecule has 3 rings (SSSR count). The fourth-order valence-electron chi connectivity index (χ4n) is 2.83. The zero-order valence-electron chi connectivity index (χ0n) is 15.2. The number of nitrogens with one attached hydrogen (secondary N) is 2. The quantitative estimate of drug-likeness (QED) is 0.753. The highest BCUT2D eigenvalue weighted by Gasteiger charge is 2.56. The van der Waals surface area contributed by atoms with Crippen molar-refractivity contribution in [1.82, 2.24) is 10.6 Å². The van der Waals surface area contributed by atoms with Crippen molar-refractivity contribution < 1.29 is 14.3 Å². The summed E-state index contributed by atoms with van der Waals surface area (Å²) in [6.07, 6.45) is 1.20. The first kappa shape index (κ1) is 18.0. The monoisotopic (exact) mass is 352 g/mol. The van der Waals surface area contributed by atoms with Crippen LogP contribution in [0.25, 0.3) is 0 Å². The lowest BCUT2D eigenvalue weighted by molar-refractivity contribution is -0.137. The minimum Gasteiger partial charge on any atom is -0.497 e. The Morgan fingerprint density at radius 3 is 1.77 bits per heavy atom. The third kappa shape index (κ3) is 4.04. The zero-order chi connectivity index (χ0) is 18.6. The summed E-state index contributed by atoms with van der Waals surface area (Å²) in [5, 5.41) is 5.78. The van der Waals surface area contributed by atoms with E-state index in [0.717, 1.165) is 16.9 Å². The predicted octanol–water partition coefficient (Wildman–Crippen LogP) is 2.72. The van der Waals surface area contributed by atoms with Crippen molar-refractivity contribution in [2.45, 2.75) is 32.9 Å². The first-order chi connectivity index (χ1) is 12.5. The highest BCUT2D eigenvalue weighted by molar-refractivity contribution is 6.07. The molecule has 2 N–H and O–H groups in total. The molecule has 26 heavy (non-hydrogen) atoms. The van der Waals surface area contributed by atoms with Crippen LogP contribution in [-0.4, -0.2) is 18.9 Å². The fraction of sp³-hybridized carbons (Fsp3) is 0.333. The number of rotatable bonds is 7. The molecule has 1 fully saturated rings. The summed E-state index contributed by atoms with van der Waals surface area (Å²) in [5.74, 6) is 0.384. The van der Waals surface area contributed by atoms with Crippen LogP contribution in [0.3, 0.4) is 0 Å². The summed E-state index contributed by atoms with van der Waals surface area (Å²) >= 11 is 0. The summed E-state index contributed by atoms with van der Waals surface area (Å²) < 4.78 is 5.12. The van der Waals surface area contributed by atoms with Gasteiger partial charge in [0.05, 0.1) is 7.11 Å². The maximum atomic E-state index is 12.5. The maximum Gasteiger partial charge on any atom is 0.235 e. The van der Waals surface area contributed by atoms with Crippen LogP contribution in [0.1, 0.15) is 29.5 Å². The molecule has 5 heteroatoms. The summed E-state index contributed by atoms with van der Waals surface area (Å²) in [6.45, 7) is 2.86. The molecule has 0 spiro atoms. The Morgan fingerprint density at radius 2 is 1.35 bits per heavy atom. The molecular formula is C21H24N2O3. The SMILES string of the molecule is COc1ccc(CNC(=O)C2(C(=O)NCc3ccc(C)cc3)CC2)cc1. The lowest BCUT2D eigenvalue weighted by Crippen LogP contribution is -2.42. The molecule has 136 valence electrons. The molecule has 0 saturated heterocycles. The number of carbonyl (C=O) groups excluding carboxylic acids is 2. The smallest absolute Gasteiger partial charge is 0.235 e. The maximum absolute atomic E-state index is 12.5. The summed E-state index contributed by atoms with van der Waals surface area (Å²) in [5.41, 5.74) is 2.27. The van der Waals surface area contributed by atoms with Gasteiger partial charge in [0.1, 0.15) is 11.2 Å². The van der Waals surface area contributed by atoms with Gasteiger partial charge in [-0.3, -0.25) is 9.59 Å². The number of hydrogen-bond donors (Lipinski definition) is 2. The second kappa shape index (κ2) is 7.60. The highest BCUT2D eigenvalue weighted by Crippen LogP contribution is 2.46. The van der Waals surface area contributed by atoms with Crippen LogP contribution in [0.5, 0.6) is 5.75 Å². The first-order valence-electron chi connectivity index (χ1n) is 8.78. The molecule has 2 amide bonds. The zero-order valence-corrected chi connectivity index (χ0v) is 15.2. The molecule has 2 aromatic rings. The predicted molar refractivity (Wildman–Crippen MR) is 99.5 cm³/mol. The van der Waals surface area contributed by atoms with E-state index in [0.29, 0.717) is 25.9 Å². The number of carbonyl (C=O) groups is 2. The fourth-order valence-corrected chi connectivity index (χ4v) is 2.83. The van der Waals surface area contributed by atoms with E-state index in [-0.39, 0.29) is 11.8 Å². The number of ether oxygens (including phenoxy) is 1. The number of methoxy groups -OCH3 is 1. The van der Waals surface area contributed by atoms with E-state index in [4.69, 9.17) is 4.74 Å². The second-order valence-electron chi connectivity index (χ2n) is 6.78.